The number of nitrogens with one attached hydrogen (secondary N) is 1. The van der Waals surface area contributed by atoms with Gasteiger partial charge in [0.25, 0.3) is 10.0 Å². The van der Waals surface area contributed by atoms with Gasteiger partial charge in [-0.25, -0.2) is 12.8 Å². The number of halogens is 1. The van der Waals surface area contributed by atoms with Gasteiger partial charge in [0.2, 0.25) is 11.8 Å². The van der Waals surface area contributed by atoms with Crippen molar-refractivity contribution >= 4 is 27.5 Å². The number of ether oxygens (including phenoxy) is 1. The van der Waals surface area contributed by atoms with Gasteiger partial charge in [-0.15, -0.1) is 0 Å². The first-order chi connectivity index (χ1) is 18.9. The van der Waals surface area contributed by atoms with Crippen molar-refractivity contribution in [2.75, 3.05) is 17.5 Å². The van der Waals surface area contributed by atoms with Gasteiger partial charge in [-0.3, -0.25) is 13.9 Å². The molecule has 0 bridgehead atoms. The van der Waals surface area contributed by atoms with Crippen molar-refractivity contribution in [2.24, 2.45) is 0 Å². The van der Waals surface area contributed by atoms with E-state index in [2.05, 4.69) is 5.32 Å². The number of hydrogen-bond acceptors (Lipinski definition) is 5. The molecule has 0 unspecified atom stereocenters. The third-order valence-electron chi connectivity index (χ3n) is 6.22. The third kappa shape index (κ3) is 7.59. The van der Waals surface area contributed by atoms with Crippen LogP contribution in [-0.4, -0.2) is 50.4 Å². The highest BCUT2D eigenvalue weighted by Crippen LogP contribution is 2.26. The molecule has 2 amide bonds. The minimum absolute atomic E-state index is 0.0319. The summed E-state index contributed by atoms with van der Waals surface area (Å²) in [4.78, 5) is 28.0. The average Bonchev–Trinajstić information content (AvgIpc) is 2.91. The topological polar surface area (TPSA) is 96.0 Å². The second-order valence-electron chi connectivity index (χ2n) is 9.70. The molecule has 0 aliphatic heterocycles. The smallest absolute Gasteiger partial charge is 0.264 e. The summed E-state index contributed by atoms with van der Waals surface area (Å²) in [5.41, 5.74) is 1.39. The van der Waals surface area contributed by atoms with Gasteiger partial charge in [-0.05, 0) is 77.1 Å². The molecule has 0 spiro atoms. The first-order valence-electron chi connectivity index (χ1n) is 13.1. The predicted molar refractivity (Wildman–Crippen MR) is 153 cm³/mol. The van der Waals surface area contributed by atoms with Gasteiger partial charge in [0.1, 0.15) is 24.2 Å². The summed E-state index contributed by atoms with van der Waals surface area (Å²) in [6.45, 7) is 8.40. The van der Waals surface area contributed by atoms with Crippen LogP contribution in [0.25, 0.3) is 0 Å². The minimum atomic E-state index is -4.22. The molecule has 0 saturated heterocycles. The Bertz CT molecular complexity index is 1410. The predicted octanol–water partition coefficient (Wildman–Crippen LogP) is 4.67. The van der Waals surface area contributed by atoms with E-state index >= 15 is 0 Å². The van der Waals surface area contributed by atoms with E-state index < -0.39 is 40.2 Å². The Balaban J connectivity index is 2.03. The van der Waals surface area contributed by atoms with Crippen molar-refractivity contribution < 1.29 is 27.1 Å². The van der Waals surface area contributed by atoms with Crippen LogP contribution in [0.5, 0.6) is 5.75 Å². The molecule has 1 N–H and O–H groups in total. The summed E-state index contributed by atoms with van der Waals surface area (Å²) in [5.74, 6) is -1.12. The number of carbonyl (C=O) groups excluding carboxylic acids is 2. The van der Waals surface area contributed by atoms with Gasteiger partial charge in [-0.2, -0.15) is 0 Å². The highest BCUT2D eigenvalue weighted by molar-refractivity contribution is 7.92. The molecule has 0 radical (unpaired) electrons. The molecule has 214 valence electrons. The number of sulfonamides is 1. The Kier molecular flexibility index (Phi) is 10.3. The van der Waals surface area contributed by atoms with Crippen LogP contribution in [0.4, 0.5) is 10.1 Å². The highest BCUT2D eigenvalue weighted by Gasteiger charge is 2.33. The lowest BCUT2D eigenvalue weighted by molar-refractivity contribution is -0.139. The van der Waals surface area contributed by atoms with Gasteiger partial charge >= 0.3 is 0 Å². The quantitative estimate of drug-likeness (QED) is 0.342. The second-order valence-corrected chi connectivity index (χ2v) is 11.6. The number of nitrogens with zero attached hydrogens (tertiary/aromatic N) is 2. The Morgan fingerprint density at radius 3 is 2.15 bits per heavy atom. The first kappa shape index (κ1) is 30.6. The second kappa shape index (κ2) is 13.4. The van der Waals surface area contributed by atoms with Gasteiger partial charge in [0, 0.05) is 18.2 Å². The molecule has 0 aliphatic rings. The lowest BCUT2D eigenvalue weighted by Gasteiger charge is -2.32. The van der Waals surface area contributed by atoms with Gasteiger partial charge < -0.3 is 15.0 Å². The average molecular weight is 570 g/mol. The largest absolute Gasteiger partial charge is 0.494 e. The molecular weight excluding hydrogens is 533 g/mol. The lowest BCUT2D eigenvalue weighted by atomic mass is 10.1. The van der Waals surface area contributed by atoms with Crippen molar-refractivity contribution in [1.29, 1.82) is 0 Å². The van der Waals surface area contributed by atoms with Gasteiger partial charge in [-0.1, -0.05) is 35.9 Å². The van der Waals surface area contributed by atoms with E-state index in [9.17, 15) is 22.4 Å². The maximum atomic E-state index is 14.6. The van der Waals surface area contributed by atoms with Crippen molar-refractivity contribution in [3.05, 3.63) is 89.7 Å². The van der Waals surface area contributed by atoms with Crippen LogP contribution in [0.1, 0.15) is 38.8 Å². The molecule has 0 saturated carbocycles. The monoisotopic (exact) mass is 569 g/mol. The van der Waals surface area contributed by atoms with E-state index in [0.717, 1.165) is 9.87 Å². The number of benzene rings is 3. The van der Waals surface area contributed by atoms with Gasteiger partial charge in [0.05, 0.1) is 17.2 Å². The summed E-state index contributed by atoms with van der Waals surface area (Å²) in [7, 11) is -4.22. The standard InChI is InChI=1S/C30H36FN3O5S/c1-6-39-26-15-17-27(18-16-26)40(37,38)34(25-13-11-22(4)12-14-25)20-29(35)33(23(5)30(36)32-21(2)3)19-24-9-7-8-10-28(24)31/h7-18,21,23H,6,19-20H2,1-5H3,(H,32,36)/t23-/m1/s1. The van der Waals surface area contributed by atoms with Crippen LogP contribution in [0.15, 0.2) is 77.7 Å². The number of rotatable bonds is 12. The van der Waals surface area contributed by atoms with Crippen molar-refractivity contribution in [2.45, 2.75) is 58.1 Å². The minimum Gasteiger partial charge on any atom is -0.494 e. The molecule has 3 rings (SSSR count). The molecule has 8 nitrogen and oxygen atoms in total. The van der Waals surface area contributed by atoms with Crippen LogP contribution in [0.3, 0.4) is 0 Å². The van der Waals surface area contributed by atoms with E-state index in [1.165, 1.54) is 42.2 Å². The van der Waals surface area contributed by atoms with Crippen LogP contribution in [-0.2, 0) is 26.2 Å². The molecule has 0 fully saturated rings. The molecule has 10 heteroatoms. The maximum absolute atomic E-state index is 14.6. The molecule has 3 aromatic rings. The van der Waals surface area contributed by atoms with Crippen LogP contribution < -0.4 is 14.4 Å². The summed E-state index contributed by atoms with van der Waals surface area (Å²) < 4.78 is 48.8. The normalized spacial score (nSPS) is 12.1. The summed E-state index contributed by atoms with van der Waals surface area (Å²) >= 11 is 0. The Morgan fingerprint density at radius 1 is 0.950 bits per heavy atom. The van der Waals surface area contributed by atoms with Crippen LogP contribution in [0, 0.1) is 12.7 Å². The molecule has 3 aromatic carbocycles. The zero-order valence-electron chi connectivity index (χ0n) is 23.4. The summed E-state index contributed by atoms with van der Waals surface area (Å²) in [5, 5.41) is 2.77. The number of carbonyl (C=O) groups is 2. The maximum Gasteiger partial charge on any atom is 0.264 e. The fourth-order valence-electron chi connectivity index (χ4n) is 4.04. The zero-order chi connectivity index (χ0) is 29.4. The Hall–Kier alpha value is -3.92. The summed E-state index contributed by atoms with van der Waals surface area (Å²) in [6, 6.07) is 17.4. The van der Waals surface area contributed by atoms with E-state index in [-0.39, 0.29) is 28.7 Å². The number of aryl methyl sites for hydroxylation is 1. The van der Waals surface area contributed by atoms with E-state index in [0.29, 0.717) is 12.4 Å². The van der Waals surface area contributed by atoms with Crippen molar-refractivity contribution in [1.82, 2.24) is 10.2 Å². The Morgan fingerprint density at radius 2 is 1.57 bits per heavy atom. The lowest BCUT2D eigenvalue weighted by Crippen LogP contribution is -2.52. The number of anilines is 1. The molecule has 0 heterocycles. The van der Waals surface area contributed by atoms with Crippen LogP contribution in [0.2, 0.25) is 0 Å². The fourth-order valence-corrected chi connectivity index (χ4v) is 5.45. The van der Waals surface area contributed by atoms with Crippen molar-refractivity contribution in [3.63, 3.8) is 0 Å². The first-order valence-corrected chi connectivity index (χ1v) is 14.5. The molecule has 1 atom stereocenters. The SMILES string of the molecule is CCOc1ccc(S(=O)(=O)N(CC(=O)N(Cc2ccccc2F)[C@H](C)C(=O)NC(C)C)c2ccc(C)cc2)cc1. The van der Waals surface area contributed by atoms with Crippen molar-refractivity contribution in [3.8, 4) is 5.75 Å². The highest BCUT2D eigenvalue weighted by atomic mass is 32.2. The van der Waals surface area contributed by atoms with Gasteiger partial charge in [0.15, 0.2) is 0 Å². The molecular formula is C30H36FN3O5S. The zero-order valence-corrected chi connectivity index (χ0v) is 24.2. The molecule has 0 aromatic heterocycles. The molecule has 40 heavy (non-hydrogen) atoms. The summed E-state index contributed by atoms with van der Waals surface area (Å²) in [6.07, 6.45) is 0. The van der Waals surface area contributed by atoms with E-state index in [4.69, 9.17) is 4.74 Å². The van der Waals surface area contributed by atoms with Crippen LogP contribution >= 0.6 is 0 Å². The third-order valence-corrected chi connectivity index (χ3v) is 8.01. The molecule has 0 aliphatic carbocycles. The van der Waals surface area contributed by atoms with E-state index in [1.807, 2.05) is 13.8 Å². The number of hydrogen-bond donors (Lipinski definition) is 1. The Labute approximate surface area is 235 Å². The van der Waals surface area contributed by atoms with E-state index in [1.54, 1.807) is 56.3 Å². The fraction of sp³-hybridized carbons (Fsp3) is 0.333. The number of amides is 2.